The molecule has 0 aromatic rings. The van der Waals surface area contributed by atoms with Crippen LogP contribution in [0.15, 0.2) is 5.57 Å². The summed E-state index contributed by atoms with van der Waals surface area (Å²) in [6, 6.07) is 0. The minimum atomic E-state index is 0. The van der Waals surface area contributed by atoms with Crippen LogP contribution in [0.5, 0.6) is 0 Å². The van der Waals surface area contributed by atoms with E-state index in [9.17, 15) is 0 Å². The predicted octanol–water partition coefficient (Wildman–Crippen LogP) is 1.38. The van der Waals surface area contributed by atoms with Crippen LogP contribution in [0.3, 0.4) is 0 Å². The molecule has 0 unspecified atom stereocenters. The van der Waals surface area contributed by atoms with E-state index in [1.54, 1.807) is 0 Å². The molecule has 0 atom stereocenters. The zero-order valence-corrected chi connectivity index (χ0v) is 5.17. The first-order chi connectivity index (χ1) is 1.73. The first-order valence-electron chi connectivity index (χ1n) is 1.29. The molecule has 0 saturated carbocycles. The van der Waals surface area contributed by atoms with Gasteiger partial charge in [-0.3, -0.25) is 5.57 Å². The second-order valence-electron chi connectivity index (χ2n) is 1.08. The molecule has 0 amide bonds. The SMILES string of the molecule is [CH-]=C(C)C.[Ru+]. The summed E-state index contributed by atoms with van der Waals surface area (Å²) in [6.45, 7) is 8.75. The topological polar surface area (TPSA) is 0 Å². The molecule has 0 aliphatic rings. The molecule has 0 aliphatic heterocycles. The van der Waals surface area contributed by atoms with Crippen molar-refractivity contribution >= 4 is 0 Å². The van der Waals surface area contributed by atoms with Crippen molar-refractivity contribution < 1.29 is 19.5 Å². The second kappa shape index (κ2) is 4.36. The summed E-state index contributed by atoms with van der Waals surface area (Å²) in [5.74, 6) is 0. The van der Waals surface area contributed by atoms with Crippen molar-refractivity contribution in [1.82, 2.24) is 0 Å². The standard InChI is InChI=1S/C4H7.Ru/c1-4(2)3;/h1H,2-3H3;/q-1;+1. The molecule has 0 N–H and O–H groups in total. The van der Waals surface area contributed by atoms with Gasteiger partial charge >= 0.3 is 19.5 Å². The third-order valence-corrected chi connectivity index (χ3v) is 0. The van der Waals surface area contributed by atoms with Crippen LogP contribution >= 0.6 is 0 Å². The van der Waals surface area contributed by atoms with Crippen LogP contribution in [0.25, 0.3) is 0 Å². The van der Waals surface area contributed by atoms with E-state index in [2.05, 4.69) is 0 Å². The van der Waals surface area contributed by atoms with Gasteiger partial charge < -0.3 is 6.58 Å². The maximum Gasteiger partial charge on any atom is 1.00 e. The van der Waals surface area contributed by atoms with Crippen LogP contribution in [0.4, 0.5) is 0 Å². The monoisotopic (exact) mass is 157 g/mol. The predicted molar refractivity (Wildman–Crippen MR) is 19.2 cm³/mol. The average molecular weight is 156 g/mol. The van der Waals surface area contributed by atoms with Gasteiger partial charge in [0.2, 0.25) is 0 Å². The van der Waals surface area contributed by atoms with Gasteiger partial charge in [0.25, 0.3) is 0 Å². The molecule has 0 rings (SSSR count). The van der Waals surface area contributed by atoms with Gasteiger partial charge in [-0.1, -0.05) is 13.8 Å². The number of hydrogen-bond acceptors (Lipinski definition) is 0. The molecule has 5 heavy (non-hydrogen) atoms. The van der Waals surface area contributed by atoms with Gasteiger partial charge in [0.05, 0.1) is 0 Å². The fourth-order valence-corrected chi connectivity index (χ4v) is 0. The summed E-state index contributed by atoms with van der Waals surface area (Å²) < 4.78 is 0. The number of allylic oxidation sites excluding steroid dienone is 1. The summed E-state index contributed by atoms with van der Waals surface area (Å²) in [7, 11) is 0. The van der Waals surface area contributed by atoms with Crippen LogP contribution in [0.2, 0.25) is 0 Å². The van der Waals surface area contributed by atoms with Gasteiger partial charge in [-0.25, -0.2) is 0 Å². The second-order valence-corrected chi connectivity index (χ2v) is 1.08. The van der Waals surface area contributed by atoms with E-state index >= 15 is 0 Å². The molecule has 0 nitrogen and oxygen atoms in total. The Hall–Kier alpha value is 0.363. The normalized spacial score (nSPS) is 5.20. The quantitative estimate of drug-likeness (QED) is 0.367. The molecule has 0 saturated heterocycles. The zero-order valence-electron chi connectivity index (χ0n) is 3.43. The van der Waals surface area contributed by atoms with Crippen LogP contribution in [0, 0.1) is 6.58 Å². The molecule has 1 heteroatoms. The average Bonchev–Trinajstić information content (AvgIpc) is 0.811. The molecule has 0 fully saturated rings. The van der Waals surface area contributed by atoms with E-state index in [1.165, 1.54) is 0 Å². The van der Waals surface area contributed by atoms with Gasteiger partial charge in [0.1, 0.15) is 0 Å². The smallest absolute Gasteiger partial charge is 0.515 e. The largest absolute Gasteiger partial charge is 1.00 e. The van der Waals surface area contributed by atoms with Crippen molar-refractivity contribution in [3.8, 4) is 0 Å². The van der Waals surface area contributed by atoms with E-state index in [0.717, 1.165) is 5.57 Å². The number of rotatable bonds is 0. The van der Waals surface area contributed by atoms with Crippen LogP contribution in [0.1, 0.15) is 13.8 Å². The van der Waals surface area contributed by atoms with Crippen molar-refractivity contribution in [3.63, 3.8) is 0 Å². The third-order valence-electron chi connectivity index (χ3n) is 0. The molecule has 0 aromatic carbocycles. The first kappa shape index (κ1) is 9.03. The van der Waals surface area contributed by atoms with Crippen molar-refractivity contribution in [2.75, 3.05) is 0 Å². The minimum absolute atomic E-state index is 0. The first-order valence-corrected chi connectivity index (χ1v) is 1.29. The Balaban J connectivity index is 0. The number of hydrogen-bond donors (Lipinski definition) is 0. The summed E-state index contributed by atoms with van der Waals surface area (Å²) in [5, 5.41) is 0. The fourth-order valence-electron chi connectivity index (χ4n) is 0. The molecule has 0 aromatic heterocycles. The molecular formula is C4H7Ru. The van der Waals surface area contributed by atoms with Crippen LogP contribution in [-0.4, -0.2) is 0 Å². The minimum Gasteiger partial charge on any atom is -0.515 e. The van der Waals surface area contributed by atoms with E-state index in [0.29, 0.717) is 0 Å². The molecule has 0 aliphatic carbocycles. The Morgan fingerprint density at radius 2 is 1.40 bits per heavy atom. The molecule has 0 bridgehead atoms. The van der Waals surface area contributed by atoms with E-state index in [1.807, 2.05) is 13.8 Å². The summed E-state index contributed by atoms with van der Waals surface area (Å²) >= 11 is 0. The Kier molecular flexibility index (Phi) is 7.88. The molecule has 0 spiro atoms. The molecule has 31 valence electrons. The Bertz CT molecular complexity index is 26.6. The summed E-state index contributed by atoms with van der Waals surface area (Å²) in [4.78, 5) is 0. The van der Waals surface area contributed by atoms with Crippen molar-refractivity contribution in [2.24, 2.45) is 0 Å². The third kappa shape index (κ3) is 185. The van der Waals surface area contributed by atoms with Gasteiger partial charge in [-0.05, 0) is 0 Å². The van der Waals surface area contributed by atoms with E-state index in [4.69, 9.17) is 6.58 Å². The molecule has 1 radical (unpaired) electrons. The molecule has 0 heterocycles. The van der Waals surface area contributed by atoms with Crippen molar-refractivity contribution in [1.29, 1.82) is 0 Å². The van der Waals surface area contributed by atoms with Gasteiger partial charge in [-0.15, -0.1) is 0 Å². The zero-order chi connectivity index (χ0) is 3.58. The maximum absolute atomic E-state index is 5.03. The fraction of sp³-hybridized carbons (Fsp3) is 0.500. The Morgan fingerprint density at radius 1 is 1.40 bits per heavy atom. The summed E-state index contributed by atoms with van der Waals surface area (Å²) in [6.07, 6.45) is 0. The van der Waals surface area contributed by atoms with Crippen molar-refractivity contribution in [3.05, 3.63) is 12.2 Å². The molecular weight excluding hydrogens is 149 g/mol. The van der Waals surface area contributed by atoms with Crippen LogP contribution in [-0.2, 0) is 19.5 Å². The Morgan fingerprint density at radius 3 is 1.40 bits per heavy atom. The van der Waals surface area contributed by atoms with Gasteiger partial charge in [-0.2, -0.15) is 0 Å². The van der Waals surface area contributed by atoms with E-state index in [-0.39, 0.29) is 19.5 Å². The Labute approximate surface area is 46.0 Å². The maximum atomic E-state index is 5.03. The summed E-state index contributed by atoms with van der Waals surface area (Å²) in [5.41, 5.74) is 0.917. The van der Waals surface area contributed by atoms with Crippen molar-refractivity contribution in [2.45, 2.75) is 13.8 Å². The van der Waals surface area contributed by atoms with Gasteiger partial charge in [0.15, 0.2) is 0 Å². The van der Waals surface area contributed by atoms with Gasteiger partial charge in [0, 0.05) is 0 Å². The van der Waals surface area contributed by atoms with E-state index < -0.39 is 0 Å². The van der Waals surface area contributed by atoms with Crippen LogP contribution < -0.4 is 0 Å².